The monoisotopic (exact) mass is 231 g/mol. The van der Waals surface area contributed by atoms with E-state index in [9.17, 15) is 0 Å². The summed E-state index contributed by atoms with van der Waals surface area (Å²) in [6, 6.07) is 0.410. The largest absolute Gasteiger partial charge is 0.396 e. The van der Waals surface area contributed by atoms with Gasteiger partial charge in [0.15, 0.2) is 0 Å². The molecule has 3 nitrogen and oxygen atoms in total. The summed E-state index contributed by atoms with van der Waals surface area (Å²) in [6.45, 7) is 2.77. The highest BCUT2D eigenvalue weighted by atomic mass is 32.2. The molecule has 88 valence electrons. The van der Waals surface area contributed by atoms with E-state index in [4.69, 9.17) is 9.84 Å². The summed E-state index contributed by atoms with van der Waals surface area (Å²) < 4.78 is 5.37. The van der Waals surface area contributed by atoms with Crippen LogP contribution in [0.25, 0.3) is 0 Å². The third-order valence-corrected chi connectivity index (χ3v) is 3.18. The van der Waals surface area contributed by atoms with Gasteiger partial charge in [-0.2, -0.15) is 11.8 Å². The van der Waals surface area contributed by atoms with Gasteiger partial charge in [0, 0.05) is 24.9 Å². The first kappa shape index (κ1) is 13.0. The molecule has 0 saturated heterocycles. The van der Waals surface area contributed by atoms with Crippen molar-refractivity contribution in [2.45, 2.75) is 18.9 Å². The molecule has 1 aliphatic rings. The fourth-order valence-corrected chi connectivity index (χ4v) is 2.30. The number of hydrogen-bond acceptors (Lipinski definition) is 4. The van der Waals surface area contributed by atoms with Gasteiger partial charge < -0.3 is 15.2 Å². The molecule has 1 aliphatic heterocycles. The van der Waals surface area contributed by atoms with Gasteiger partial charge in [-0.15, -0.1) is 0 Å². The lowest BCUT2D eigenvalue weighted by atomic mass is 10.1. The zero-order valence-electron chi connectivity index (χ0n) is 9.37. The van der Waals surface area contributed by atoms with Gasteiger partial charge in [0.2, 0.25) is 0 Å². The van der Waals surface area contributed by atoms with E-state index in [1.807, 2.05) is 11.8 Å². The minimum Gasteiger partial charge on any atom is -0.396 e. The molecule has 1 heterocycles. The highest BCUT2D eigenvalue weighted by Crippen LogP contribution is 2.06. The standard InChI is InChI=1S/C11H21NO2S/c1-15-9-11(4-5-13)12-7-10-3-2-6-14-8-10/h3,11-13H,2,4-9H2,1H3. The molecular formula is C11H21NO2S. The van der Waals surface area contributed by atoms with Crippen molar-refractivity contribution >= 4 is 11.8 Å². The molecule has 0 amide bonds. The number of hydrogen-bond donors (Lipinski definition) is 2. The van der Waals surface area contributed by atoms with Crippen LogP contribution in [-0.2, 0) is 4.74 Å². The van der Waals surface area contributed by atoms with Gasteiger partial charge in [0.1, 0.15) is 0 Å². The molecule has 2 N–H and O–H groups in total. The fourth-order valence-electron chi connectivity index (χ4n) is 1.61. The van der Waals surface area contributed by atoms with E-state index in [1.165, 1.54) is 5.57 Å². The van der Waals surface area contributed by atoms with Crippen LogP contribution in [0.3, 0.4) is 0 Å². The summed E-state index contributed by atoms with van der Waals surface area (Å²) >= 11 is 1.81. The third-order valence-electron chi connectivity index (χ3n) is 2.45. The minimum atomic E-state index is 0.258. The Labute approximate surface area is 96.3 Å². The van der Waals surface area contributed by atoms with Crippen LogP contribution in [-0.4, -0.2) is 49.5 Å². The Morgan fingerprint density at radius 1 is 1.67 bits per heavy atom. The molecule has 0 radical (unpaired) electrons. The molecule has 1 unspecified atom stereocenters. The van der Waals surface area contributed by atoms with Crippen LogP contribution in [0.5, 0.6) is 0 Å². The van der Waals surface area contributed by atoms with Crippen LogP contribution in [0, 0.1) is 0 Å². The Balaban J connectivity index is 2.22. The van der Waals surface area contributed by atoms with Crippen molar-refractivity contribution in [2.24, 2.45) is 0 Å². The molecule has 0 fully saturated rings. The van der Waals surface area contributed by atoms with Gasteiger partial charge in [-0.3, -0.25) is 0 Å². The van der Waals surface area contributed by atoms with E-state index < -0.39 is 0 Å². The van der Waals surface area contributed by atoms with Crippen LogP contribution in [0.2, 0.25) is 0 Å². The van der Waals surface area contributed by atoms with E-state index in [0.717, 1.165) is 38.4 Å². The quantitative estimate of drug-likeness (QED) is 0.642. The number of nitrogens with one attached hydrogen (secondary N) is 1. The van der Waals surface area contributed by atoms with Gasteiger partial charge in [0.25, 0.3) is 0 Å². The second-order valence-corrected chi connectivity index (χ2v) is 4.66. The Bertz CT molecular complexity index is 191. The van der Waals surface area contributed by atoms with E-state index in [1.54, 1.807) is 0 Å². The zero-order valence-corrected chi connectivity index (χ0v) is 10.2. The van der Waals surface area contributed by atoms with Crippen molar-refractivity contribution in [1.82, 2.24) is 5.32 Å². The third kappa shape index (κ3) is 5.56. The van der Waals surface area contributed by atoms with Crippen LogP contribution >= 0.6 is 11.8 Å². The lowest BCUT2D eigenvalue weighted by molar-refractivity contribution is 0.148. The molecule has 15 heavy (non-hydrogen) atoms. The minimum absolute atomic E-state index is 0.258. The second-order valence-electron chi connectivity index (χ2n) is 3.75. The zero-order chi connectivity index (χ0) is 10.9. The number of rotatable bonds is 7. The number of thioether (sulfide) groups is 1. The number of ether oxygens (including phenoxy) is 1. The molecule has 0 aliphatic carbocycles. The maximum atomic E-state index is 8.91. The molecule has 4 heteroatoms. The van der Waals surface area contributed by atoms with Crippen LogP contribution in [0.4, 0.5) is 0 Å². The lowest BCUT2D eigenvalue weighted by Crippen LogP contribution is -2.34. The Kier molecular flexibility index (Phi) is 7.09. The first-order valence-corrected chi connectivity index (χ1v) is 6.85. The molecule has 0 bridgehead atoms. The predicted molar refractivity (Wildman–Crippen MR) is 65.4 cm³/mol. The number of aliphatic hydroxyl groups excluding tert-OH is 1. The van der Waals surface area contributed by atoms with E-state index >= 15 is 0 Å². The normalized spacial score (nSPS) is 18.7. The van der Waals surface area contributed by atoms with Crippen molar-refractivity contribution < 1.29 is 9.84 Å². The average molecular weight is 231 g/mol. The predicted octanol–water partition coefficient (Wildman–Crippen LogP) is 1.04. The molecule has 0 aromatic rings. The summed E-state index contributed by atoms with van der Waals surface area (Å²) in [5.41, 5.74) is 1.34. The summed E-state index contributed by atoms with van der Waals surface area (Å²) in [6.07, 6.45) is 6.21. The molecular weight excluding hydrogens is 210 g/mol. The van der Waals surface area contributed by atoms with Gasteiger partial charge in [-0.05, 0) is 24.7 Å². The summed E-state index contributed by atoms with van der Waals surface area (Å²) in [7, 11) is 0. The smallest absolute Gasteiger partial charge is 0.0689 e. The average Bonchev–Trinajstić information content (AvgIpc) is 2.28. The summed E-state index contributed by atoms with van der Waals surface area (Å²) in [4.78, 5) is 0. The Morgan fingerprint density at radius 3 is 3.13 bits per heavy atom. The first-order valence-electron chi connectivity index (χ1n) is 5.45. The van der Waals surface area contributed by atoms with Crippen molar-refractivity contribution in [1.29, 1.82) is 0 Å². The van der Waals surface area contributed by atoms with Crippen LogP contribution in [0.1, 0.15) is 12.8 Å². The lowest BCUT2D eigenvalue weighted by Gasteiger charge is -2.19. The van der Waals surface area contributed by atoms with E-state index in [2.05, 4.69) is 17.6 Å². The molecule has 0 aromatic heterocycles. The highest BCUT2D eigenvalue weighted by molar-refractivity contribution is 7.98. The van der Waals surface area contributed by atoms with Crippen LogP contribution < -0.4 is 5.32 Å². The Hall–Kier alpha value is -0.0300. The molecule has 1 rings (SSSR count). The molecule has 0 spiro atoms. The molecule has 0 saturated carbocycles. The van der Waals surface area contributed by atoms with E-state index in [-0.39, 0.29) is 6.61 Å². The summed E-state index contributed by atoms with van der Waals surface area (Å²) in [5, 5.41) is 12.4. The fraction of sp³-hybridized carbons (Fsp3) is 0.818. The maximum absolute atomic E-state index is 8.91. The van der Waals surface area contributed by atoms with Crippen molar-refractivity contribution in [2.75, 3.05) is 38.4 Å². The maximum Gasteiger partial charge on any atom is 0.0689 e. The van der Waals surface area contributed by atoms with Crippen molar-refractivity contribution in [3.05, 3.63) is 11.6 Å². The van der Waals surface area contributed by atoms with E-state index in [0.29, 0.717) is 6.04 Å². The molecule has 0 aromatic carbocycles. The first-order chi connectivity index (χ1) is 7.36. The molecule has 1 atom stereocenters. The SMILES string of the molecule is CSCC(CCO)NCC1=CCCOC1. The Morgan fingerprint density at radius 2 is 2.53 bits per heavy atom. The summed E-state index contributed by atoms with van der Waals surface area (Å²) in [5.74, 6) is 1.05. The second kappa shape index (κ2) is 8.16. The highest BCUT2D eigenvalue weighted by Gasteiger charge is 2.09. The van der Waals surface area contributed by atoms with Crippen LogP contribution in [0.15, 0.2) is 11.6 Å². The van der Waals surface area contributed by atoms with Gasteiger partial charge in [0.05, 0.1) is 13.2 Å². The topological polar surface area (TPSA) is 41.5 Å². The van der Waals surface area contributed by atoms with Crippen molar-refractivity contribution in [3.8, 4) is 0 Å². The van der Waals surface area contributed by atoms with Crippen molar-refractivity contribution in [3.63, 3.8) is 0 Å². The van der Waals surface area contributed by atoms with Gasteiger partial charge in [-0.25, -0.2) is 0 Å². The van der Waals surface area contributed by atoms with Gasteiger partial charge in [-0.1, -0.05) is 6.08 Å². The van der Waals surface area contributed by atoms with Gasteiger partial charge >= 0.3 is 0 Å². The number of aliphatic hydroxyl groups is 1.